The van der Waals surface area contributed by atoms with Gasteiger partial charge in [-0.2, -0.15) is 0 Å². The maximum Gasteiger partial charge on any atom is 0.224 e. The topological polar surface area (TPSA) is 59.0 Å². The highest BCUT2D eigenvalue weighted by Gasteiger charge is 2.30. The molecule has 100 valence electrons. The zero-order valence-corrected chi connectivity index (χ0v) is 11.1. The first-order chi connectivity index (χ1) is 8.72. The SMILES string of the molecule is CNCC(C)C(=O)NC1CCCC1n1ccnc1. The number of carbonyl (C=O) groups is 1. The lowest BCUT2D eigenvalue weighted by Gasteiger charge is -2.23. The highest BCUT2D eigenvalue weighted by molar-refractivity contribution is 5.78. The minimum absolute atomic E-state index is 0.0130. The average Bonchev–Trinajstić information content (AvgIpc) is 2.98. The number of amides is 1. The summed E-state index contributed by atoms with van der Waals surface area (Å²) >= 11 is 0. The highest BCUT2D eigenvalue weighted by atomic mass is 16.2. The smallest absolute Gasteiger partial charge is 0.224 e. The van der Waals surface area contributed by atoms with Crippen LogP contribution in [0.3, 0.4) is 0 Å². The summed E-state index contributed by atoms with van der Waals surface area (Å²) in [7, 11) is 1.87. The van der Waals surface area contributed by atoms with Crippen molar-refractivity contribution in [3.05, 3.63) is 18.7 Å². The van der Waals surface area contributed by atoms with Crippen molar-refractivity contribution in [3.8, 4) is 0 Å². The summed E-state index contributed by atoms with van der Waals surface area (Å²) in [6.45, 7) is 2.67. The van der Waals surface area contributed by atoms with Crippen molar-refractivity contribution in [2.45, 2.75) is 38.3 Å². The van der Waals surface area contributed by atoms with Crippen molar-refractivity contribution in [2.75, 3.05) is 13.6 Å². The summed E-state index contributed by atoms with van der Waals surface area (Å²) in [6.07, 6.45) is 8.94. The van der Waals surface area contributed by atoms with E-state index in [1.807, 2.05) is 26.5 Å². The number of hydrogen-bond acceptors (Lipinski definition) is 3. The van der Waals surface area contributed by atoms with Crippen molar-refractivity contribution in [2.24, 2.45) is 5.92 Å². The molecule has 1 fully saturated rings. The molecule has 0 aliphatic heterocycles. The predicted molar refractivity (Wildman–Crippen MR) is 70.1 cm³/mol. The molecule has 1 aliphatic rings. The van der Waals surface area contributed by atoms with Gasteiger partial charge in [-0.05, 0) is 26.3 Å². The van der Waals surface area contributed by atoms with Gasteiger partial charge in [0.15, 0.2) is 0 Å². The molecule has 0 spiro atoms. The first-order valence-electron chi connectivity index (χ1n) is 6.64. The third-order valence-corrected chi connectivity index (χ3v) is 3.67. The molecule has 5 nitrogen and oxygen atoms in total. The number of hydrogen-bond donors (Lipinski definition) is 2. The molecule has 1 aliphatic carbocycles. The van der Waals surface area contributed by atoms with Crippen LogP contribution in [0.15, 0.2) is 18.7 Å². The number of nitrogens with one attached hydrogen (secondary N) is 2. The van der Waals surface area contributed by atoms with Crippen molar-refractivity contribution in [1.29, 1.82) is 0 Å². The second-order valence-corrected chi connectivity index (χ2v) is 5.08. The number of imidazole rings is 1. The van der Waals surface area contributed by atoms with E-state index in [1.54, 1.807) is 6.20 Å². The monoisotopic (exact) mass is 250 g/mol. The summed E-state index contributed by atoms with van der Waals surface area (Å²) in [5.74, 6) is 0.153. The van der Waals surface area contributed by atoms with E-state index in [2.05, 4.69) is 20.2 Å². The standard InChI is InChI=1S/C13H22N4O/c1-10(8-14-2)13(18)16-11-4-3-5-12(11)17-7-6-15-9-17/h6-7,9-12,14H,3-5,8H2,1-2H3,(H,16,18). The minimum atomic E-state index is 0.0130. The second kappa shape index (κ2) is 6.00. The van der Waals surface area contributed by atoms with Crippen LogP contribution in [-0.2, 0) is 4.79 Å². The van der Waals surface area contributed by atoms with Crippen LogP contribution in [0, 0.1) is 5.92 Å². The van der Waals surface area contributed by atoms with Crippen LogP contribution in [0.2, 0.25) is 0 Å². The molecular formula is C13H22N4O. The zero-order chi connectivity index (χ0) is 13.0. The first-order valence-corrected chi connectivity index (χ1v) is 6.64. The van der Waals surface area contributed by atoms with Crippen LogP contribution in [0.1, 0.15) is 32.2 Å². The molecule has 1 heterocycles. The molecule has 1 aromatic rings. The van der Waals surface area contributed by atoms with E-state index in [1.165, 1.54) is 0 Å². The third-order valence-electron chi connectivity index (χ3n) is 3.67. The Morgan fingerprint density at radius 2 is 2.39 bits per heavy atom. The van der Waals surface area contributed by atoms with Crippen LogP contribution in [0.5, 0.6) is 0 Å². The van der Waals surface area contributed by atoms with Gasteiger partial charge in [-0.15, -0.1) is 0 Å². The Kier molecular flexibility index (Phi) is 4.36. The Morgan fingerprint density at radius 1 is 1.56 bits per heavy atom. The lowest BCUT2D eigenvalue weighted by molar-refractivity contribution is -0.125. The van der Waals surface area contributed by atoms with Gasteiger partial charge >= 0.3 is 0 Å². The lowest BCUT2D eigenvalue weighted by Crippen LogP contribution is -2.42. The maximum atomic E-state index is 12.0. The summed E-state index contributed by atoms with van der Waals surface area (Å²) in [5.41, 5.74) is 0. The van der Waals surface area contributed by atoms with E-state index in [0.717, 1.165) is 19.3 Å². The van der Waals surface area contributed by atoms with E-state index < -0.39 is 0 Å². The number of aromatic nitrogens is 2. The Bertz CT molecular complexity index is 376. The molecule has 18 heavy (non-hydrogen) atoms. The van der Waals surface area contributed by atoms with Gasteiger partial charge in [-0.1, -0.05) is 6.92 Å². The molecule has 2 rings (SSSR count). The second-order valence-electron chi connectivity index (χ2n) is 5.08. The summed E-state index contributed by atoms with van der Waals surface area (Å²) < 4.78 is 2.11. The largest absolute Gasteiger partial charge is 0.351 e. The van der Waals surface area contributed by atoms with E-state index >= 15 is 0 Å². The molecule has 1 saturated carbocycles. The fraction of sp³-hybridized carbons (Fsp3) is 0.692. The van der Waals surface area contributed by atoms with E-state index in [0.29, 0.717) is 12.6 Å². The van der Waals surface area contributed by atoms with Crippen LogP contribution >= 0.6 is 0 Å². The van der Waals surface area contributed by atoms with Gasteiger partial charge in [-0.3, -0.25) is 4.79 Å². The van der Waals surface area contributed by atoms with E-state index in [4.69, 9.17) is 0 Å². The third kappa shape index (κ3) is 2.90. The fourth-order valence-electron chi connectivity index (χ4n) is 2.66. The molecule has 2 N–H and O–H groups in total. The molecule has 0 saturated heterocycles. The normalized spacial score (nSPS) is 25.0. The van der Waals surface area contributed by atoms with Gasteiger partial charge in [0.1, 0.15) is 0 Å². The van der Waals surface area contributed by atoms with Crippen molar-refractivity contribution in [1.82, 2.24) is 20.2 Å². The van der Waals surface area contributed by atoms with E-state index in [9.17, 15) is 4.79 Å². The maximum absolute atomic E-state index is 12.0. The molecule has 1 amide bonds. The van der Waals surface area contributed by atoms with Gasteiger partial charge in [0.05, 0.1) is 12.4 Å². The fourth-order valence-corrected chi connectivity index (χ4v) is 2.66. The number of nitrogens with zero attached hydrogens (tertiary/aromatic N) is 2. The highest BCUT2D eigenvalue weighted by Crippen LogP contribution is 2.30. The van der Waals surface area contributed by atoms with Gasteiger partial charge in [0, 0.05) is 30.9 Å². The Hall–Kier alpha value is -1.36. The van der Waals surface area contributed by atoms with Gasteiger partial charge < -0.3 is 15.2 Å². The summed E-state index contributed by atoms with van der Waals surface area (Å²) in [6, 6.07) is 0.601. The van der Waals surface area contributed by atoms with Crippen LogP contribution in [0.25, 0.3) is 0 Å². The Labute approximate surface area is 108 Å². The number of rotatable bonds is 5. The molecule has 5 heteroatoms. The molecule has 0 radical (unpaired) electrons. The van der Waals surface area contributed by atoms with Crippen LogP contribution in [0.4, 0.5) is 0 Å². The Balaban J connectivity index is 1.94. The van der Waals surface area contributed by atoms with Gasteiger partial charge in [0.25, 0.3) is 0 Å². The molecule has 3 atom stereocenters. The van der Waals surface area contributed by atoms with Crippen LogP contribution < -0.4 is 10.6 Å². The molecule has 3 unspecified atom stereocenters. The molecule has 1 aromatic heterocycles. The van der Waals surface area contributed by atoms with Gasteiger partial charge in [-0.25, -0.2) is 4.98 Å². The van der Waals surface area contributed by atoms with Crippen molar-refractivity contribution >= 4 is 5.91 Å². The predicted octanol–water partition coefficient (Wildman–Crippen LogP) is 0.948. The summed E-state index contributed by atoms with van der Waals surface area (Å²) in [4.78, 5) is 16.1. The summed E-state index contributed by atoms with van der Waals surface area (Å²) in [5, 5.41) is 6.21. The lowest BCUT2D eigenvalue weighted by atomic mass is 10.1. The van der Waals surface area contributed by atoms with Gasteiger partial charge in [0.2, 0.25) is 5.91 Å². The average molecular weight is 250 g/mol. The van der Waals surface area contributed by atoms with E-state index in [-0.39, 0.29) is 17.9 Å². The molecular weight excluding hydrogens is 228 g/mol. The molecule has 0 aromatic carbocycles. The molecule has 0 bridgehead atoms. The number of carbonyl (C=O) groups excluding carboxylic acids is 1. The Morgan fingerprint density at radius 3 is 3.06 bits per heavy atom. The van der Waals surface area contributed by atoms with Crippen LogP contribution in [-0.4, -0.2) is 35.1 Å². The first kappa shape index (κ1) is 13.1. The quantitative estimate of drug-likeness (QED) is 0.818. The van der Waals surface area contributed by atoms with Crippen molar-refractivity contribution < 1.29 is 4.79 Å². The minimum Gasteiger partial charge on any atom is -0.351 e. The van der Waals surface area contributed by atoms with Crippen molar-refractivity contribution in [3.63, 3.8) is 0 Å². The zero-order valence-electron chi connectivity index (χ0n) is 11.1.